The first-order valence-corrected chi connectivity index (χ1v) is 4.71. The van der Waals surface area contributed by atoms with Gasteiger partial charge in [-0.05, 0) is 17.5 Å². The summed E-state index contributed by atoms with van der Waals surface area (Å²) in [5, 5.41) is 17.4. The van der Waals surface area contributed by atoms with Crippen molar-refractivity contribution in [2.24, 2.45) is 5.92 Å². The van der Waals surface area contributed by atoms with Gasteiger partial charge in [0.1, 0.15) is 0 Å². The number of carboxylic acid groups (broad SMARTS) is 2. The molecule has 0 aromatic heterocycles. The van der Waals surface area contributed by atoms with Gasteiger partial charge < -0.3 is 10.2 Å². The van der Waals surface area contributed by atoms with Gasteiger partial charge >= 0.3 is 11.9 Å². The molecule has 4 heteroatoms. The van der Waals surface area contributed by atoms with E-state index in [0.717, 1.165) is 5.56 Å². The summed E-state index contributed by atoms with van der Waals surface area (Å²) < 4.78 is 0. The van der Waals surface area contributed by atoms with Crippen LogP contribution in [0.15, 0.2) is 30.8 Å². The number of aliphatic carboxylic acids is 2. The van der Waals surface area contributed by atoms with E-state index in [0.29, 0.717) is 5.56 Å². The topological polar surface area (TPSA) is 74.6 Å². The van der Waals surface area contributed by atoms with Gasteiger partial charge in [0.05, 0.1) is 0 Å². The molecule has 16 heavy (non-hydrogen) atoms. The van der Waals surface area contributed by atoms with E-state index in [1.165, 1.54) is 0 Å². The Kier molecular flexibility index (Phi) is 3.83. The summed E-state index contributed by atoms with van der Waals surface area (Å²) >= 11 is 0. The Labute approximate surface area is 92.8 Å². The van der Waals surface area contributed by atoms with Crippen LogP contribution in [-0.2, 0) is 16.0 Å². The highest BCUT2D eigenvalue weighted by Crippen LogP contribution is 2.11. The smallest absolute Gasteiger partial charge is 0.318 e. The van der Waals surface area contributed by atoms with Crippen LogP contribution in [0.25, 0.3) is 6.08 Å². The fourth-order valence-corrected chi connectivity index (χ4v) is 1.31. The number of carboxylic acids is 2. The van der Waals surface area contributed by atoms with Crippen molar-refractivity contribution in [1.82, 2.24) is 0 Å². The molecule has 0 saturated carbocycles. The third kappa shape index (κ3) is 2.95. The molecule has 0 fully saturated rings. The summed E-state index contributed by atoms with van der Waals surface area (Å²) in [7, 11) is 0. The van der Waals surface area contributed by atoms with Gasteiger partial charge in [-0.25, -0.2) is 0 Å². The molecule has 0 radical (unpaired) electrons. The molecule has 84 valence electrons. The second-order valence-corrected chi connectivity index (χ2v) is 3.38. The van der Waals surface area contributed by atoms with Crippen LogP contribution in [0.2, 0.25) is 0 Å². The van der Waals surface area contributed by atoms with Crippen LogP contribution in [0.1, 0.15) is 11.1 Å². The van der Waals surface area contributed by atoms with Gasteiger partial charge in [-0.2, -0.15) is 0 Å². The Balaban J connectivity index is 2.81. The molecular formula is C12H12O4. The zero-order chi connectivity index (χ0) is 12.1. The van der Waals surface area contributed by atoms with E-state index in [4.69, 9.17) is 10.2 Å². The number of hydrogen-bond acceptors (Lipinski definition) is 2. The lowest BCUT2D eigenvalue weighted by molar-refractivity contribution is -0.154. The standard InChI is InChI=1S/C12H12O4/c1-2-8-3-5-9(6-4-8)7-10(11(13)14)12(15)16/h2-6,10H,1,7H2,(H,13,14)(H,15,16). The van der Waals surface area contributed by atoms with Gasteiger partial charge in [-0.15, -0.1) is 0 Å². The molecule has 0 heterocycles. The molecule has 1 rings (SSSR count). The van der Waals surface area contributed by atoms with Crippen LogP contribution in [-0.4, -0.2) is 22.2 Å². The molecule has 0 aliphatic carbocycles. The van der Waals surface area contributed by atoms with Crippen molar-refractivity contribution in [3.05, 3.63) is 42.0 Å². The van der Waals surface area contributed by atoms with Gasteiger partial charge in [0.25, 0.3) is 0 Å². The fraction of sp³-hybridized carbons (Fsp3) is 0.167. The molecule has 0 unspecified atom stereocenters. The first kappa shape index (κ1) is 12.0. The van der Waals surface area contributed by atoms with Gasteiger partial charge in [-0.1, -0.05) is 36.9 Å². The molecule has 0 saturated heterocycles. The molecule has 0 aliphatic heterocycles. The van der Waals surface area contributed by atoms with Crippen LogP contribution in [0.4, 0.5) is 0 Å². The van der Waals surface area contributed by atoms with Gasteiger partial charge in [0.2, 0.25) is 0 Å². The highest BCUT2D eigenvalue weighted by Gasteiger charge is 2.25. The summed E-state index contributed by atoms with van der Waals surface area (Å²) in [5.74, 6) is -4.03. The van der Waals surface area contributed by atoms with E-state index in [9.17, 15) is 9.59 Å². The monoisotopic (exact) mass is 220 g/mol. The average Bonchev–Trinajstić information content (AvgIpc) is 2.25. The third-order valence-electron chi connectivity index (χ3n) is 2.25. The Hall–Kier alpha value is -2.10. The fourth-order valence-electron chi connectivity index (χ4n) is 1.31. The number of rotatable bonds is 5. The van der Waals surface area contributed by atoms with Crippen molar-refractivity contribution >= 4 is 18.0 Å². The van der Waals surface area contributed by atoms with Crippen molar-refractivity contribution in [1.29, 1.82) is 0 Å². The molecule has 0 aliphatic rings. The number of hydrogen-bond donors (Lipinski definition) is 2. The van der Waals surface area contributed by atoms with Crippen LogP contribution in [0.5, 0.6) is 0 Å². The molecule has 0 bridgehead atoms. The Morgan fingerprint density at radius 1 is 1.19 bits per heavy atom. The lowest BCUT2D eigenvalue weighted by atomic mass is 9.99. The summed E-state index contributed by atoms with van der Waals surface area (Å²) in [5.41, 5.74) is 1.59. The van der Waals surface area contributed by atoms with Gasteiger partial charge in [0.15, 0.2) is 5.92 Å². The zero-order valence-electron chi connectivity index (χ0n) is 8.59. The minimum Gasteiger partial charge on any atom is -0.481 e. The second kappa shape index (κ2) is 5.11. The predicted octanol–water partition coefficient (Wildman–Crippen LogP) is 1.66. The Morgan fingerprint density at radius 2 is 1.69 bits per heavy atom. The summed E-state index contributed by atoms with van der Waals surface area (Å²) in [6.45, 7) is 3.59. The SMILES string of the molecule is C=Cc1ccc(CC(C(=O)O)C(=O)O)cc1. The largest absolute Gasteiger partial charge is 0.481 e. The minimum atomic E-state index is -1.39. The number of carbonyl (C=O) groups is 2. The molecule has 1 aromatic carbocycles. The summed E-state index contributed by atoms with van der Waals surface area (Å²) in [6, 6.07) is 6.94. The highest BCUT2D eigenvalue weighted by atomic mass is 16.4. The van der Waals surface area contributed by atoms with Crippen molar-refractivity contribution in [3.63, 3.8) is 0 Å². The van der Waals surface area contributed by atoms with Crippen LogP contribution in [0, 0.1) is 5.92 Å². The maximum Gasteiger partial charge on any atom is 0.318 e. The highest BCUT2D eigenvalue weighted by molar-refractivity contribution is 5.93. The van der Waals surface area contributed by atoms with E-state index < -0.39 is 17.9 Å². The summed E-state index contributed by atoms with van der Waals surface area (Å²) in [6.07, 6.45) is 1.65. The lowest BCUT2D eigenvalue weighted by Gasteiger charge is -2.07. The van der Waals surface area contributed by atoms with E-state index in [1.807, 2.05) is 0 Å². The molecule has 0 spiro atoms. The first-order chi connectivity index (χ1) is 7.54. The van der Waals surface area contributed by atoms with Crippen LogP contribution < -0.4 is 0 Å². The van der Waals surface area contributed by atoms with Crippen molar-refractivity contribution < 1.29 is 19.8 Å². The maximum atomic E-state index is 10.7. The van der Waals surface area contributed by atoms with Gasteiger partial charge in [0, 0.05) is 0 Å². The average molecular weight is 220 g/mol. The Morgan fingerprint density at radius 3 is 2.06 bits per heavy atom. The Bertz CT molecular complexity index is 392. The molecule has 0 amide bonds. The molecular weight excluding hydrogens is 208 g/mol. The van der Waals surface area contributed by atoms with Gasteiger partial charge in [-0.3, -0.25) is 9.59 Å². The van der Waals surface area contributed by atoms with E-state index >= 15 is 0 Å². The van der Waals surface area contributed by atoms with Crippen molar-refractivity contribution in [2.75, 3.05) is 0 Å². The predicted molar refractivity (Wildman–Crippen MR) is 59.0 cm³/mol. The van der Waals surface area contributed by atoms with Crippen molar-refractivity contribution in [2.45, 2.75) is 6.42 Å². The van der Waals surface area contributed by atoms with E-state index in [-0.39, 0.29) is 6.42 Å². The molecule has 1 aromatic rings. The van der Waals surface area contributed by atoms with E-state index in [2.05, 4.69) is 6.58 Å². The minimum absolute atomic E-state index is 0.0118. The van der Waals surface area contributed by atoms with Crippen LogP contribution >= 0.6 is 0 Å². The second-order valence-electron chi connectivity index (χ2n) is 3.38. The lowest BCUT2D eigenvalue weighted by Crippen LogP contribution is -2.25. The summed E-state index contributed by atoms with van der Waals surface area (Å²) in [4.78, 5) is 21.3. The molecule has 4 nitrogen and oxygen atoms in total. The number of benzene rings is 1. The maximum absolute atomic E-state index is 10.7. The van der Waals surface area contributed by atoms with E-state index in [1.54, 1.807) is 30.3 Å². The quantitative estimate of drug-likeness (QED) is 0.740. The zero-order valence-corrected chi connectivity index (χ0v) is 8.59. The molecule has 2 N–H and O–H groups in total. The molecule has 0 atom stereocenters. The van der Waals surface area contributed by atoms with Crippen molar-refractivity contribution in [3.8, 4) is 0 Å². The third-order valence-corrected chi connectivity index (χ3v) is 2.25. The first-order valence-electron chi connectivity index (χ1n) is 4.71. The normalized spacial score (nSPS) is 10.1. The van der Waals surface area contributed by atoms with Crippen LogP contribution in [0.3, 0.4) is 0 Å².